The number of carbonyl (C=O) groups excluding carboxylic acids is 2. The Morgan fingerprint density at radius 3 is 2.26 bits per heavy atom. The number of anilines is 1. The third-order valence-electron chi connectivity index (χ3n) is 5.70. The highest BCUT2D eigenvalue weighted by Gasteiger charge is 2.29. The fourth-order valence-electron chi connectivity index (χ4n) is 4.04. The maximum absolute atomic E-state index is 12.8. The highest BCUT2D eigenvalue weighted by Crippen LogP contribution is 2.44. The molecule has 0 atom stereocenters. The number of carboxylic acids is 1. The van der Waals surface area contributed by atoms with Crippen molar-refractivity contribution in [3.63, 3.8) is 0 Å². The van der Waals surface area contributed by atoms with E-state index in [1.165, 1.54) is 11.1 Å². The predicted octanol–water partition coefficient (Wildman–Crippen LogP) is 3.59. The second-order valence-corrected chi connectivity index (χ2v) is 9.43. The molecule has 0 bridgehead atoms. The number of fused-ring (bicyclic) bond motifs is 3. The molecule has 0 unspecified atom stereocenters. The largest absolute Gasteiger partial charge is 0.480 e. The summed E-state index contributed by atoms with van der Waals surface area (Å²) in [5.41, 5.74) is 4.50. The number of amides is 2. The lowest BCUT2D eigenvalue weighted by Gasteiger charge is -2.21. The zero-order valence-electron chi connectivity index (χ0n) is 19.4. The van der Waals surface area contributed by atoms with Gasteiger partial charge < -0.3 is 19.6 Å². The number of benzene rings is 2. The van der Waals surface area contributed by atoms with E-state index in [0.717, 1.165) is 33.6 Å². The number of nitrogens with zero attached hydrogens (tertiary/aromatic N) is 3. The van der Waals surface area contributed by atoms with Crippen LogP contribution in [0.15, 0.2) is 54.7 Å². The van der Waals surface area contributed by atoms with Gasteiger partial charge in [-0.1, -0.05) is 59.9 Å². The van der Waals surface area contributed by atoms with E-state index in [-0.39, 0.29) is 29.1 Å². The minimum absolute atomic E-state index is 0.0668. The zero-order chi connectivity index (χ0) is 24.9. The normalized spacial score (nSPS) is 12.2. The first-order valence-corrected chi connectivity index (χ1v) is 11.9. The minimum atomic E-state index is -1.10. The van der Waals surface area contributed by atoms with Crippen LogP contribution in [-0.2, 0) is 9.53 Å². The van der Waals surface area contributed by atoms with Gasteiger partial charge in [-0.15, -0.1) is 0 Å². The van der Waals surface area contributed by atoms with Crippen LogP contribution >= 0.6 is 11.3 Å². The number of aliphatic carboxylic acids is 1. The number of ether oxygens (including phenoxy) is 1. The molecule has 2 aromatic carbocycles. The van der Waals surface area contributed by atoms with Gasteiger partial charge in [-0.2, -0.15) is 0 Å². The number of hydrogen-bond donors (Lipinski definition) is 2. The number of carboxylic acid groups (broad SMARTS) is 1. The van der Waals surface area contributed by atoms with Crippen LogP contribution in [0.1, 0.15) is 26.7 Å². The second-order valence-electron chi connectivity index (χ2n) is 8.40. The van der Waals surface area contributed by atoms with Crippen LogP contribution in [0.25, 0.3) is 11.1 Å². The first-order chi connectivity index (χ1) is 16.8. The molecule has 1 heterocycles. The Hall–Kier alpha value is -3.76. The van der Waals surface area contributed by atoms with Gasteiger partial charge in [-0.05, 0) is 36.3 Å². The molecule has 1 aromatic heterocycles. The highest BCUT2D eigenvalue weighted by atomic mass is 32.1. The number of likely N-dealkylation sites (N-methyl/N-ethyl adjacent to an activating group) is 1. The summed E-state index contributed by atoms with van der Waals surface area (Å²) in [6.07, 6.45) is 0.659. The Balaban J connectivity index is 1.38. The van der Waals surface area contributed by atoms with E-state index in [1.807, 2.05) is 55.4 Å². The maximum Gasteiger partial charge on any atom is 0.413 e. The quantitative estimate of drug-likeness (QED) is 0.467. The van der Waals surface area contributed by atoms with Crippen LogP contribution in [0, 0.1) is 0 Å². The summed E-state index contributed by atoms with van der Waals surface area (Å²) in [7, 11) is 3.68. The Kier molecular flexibility index (Phi) is 7.42. The van der Waals surface area contributed by atoms with Crippen molar-refractivity contribution in [2.24, 2.45) is 0 Å². The van der Waals surface area contributed by atoms with Crippen LogP contribution in [0.2, 0.25) is 0 Å². The second kappa shape index (κ2) is 10.7. The van der Waals surface area contributed by atoms with Crippen molar-refractivity contribution in [1.29, 1.82) is 0 Å². The van der Waals surface area contributed by atoms with Gasteiger partial charge in [0.05, 0.1) is 6.20 Å². The van der Waals surface area contributed by atoms with Gasteiger partial charge in [0, 0.05) is 19.0 Å². The summed E-state index contributed by atoms with van der Waals surface area (Å²) < 4.78 is 5.52. The summed E-state index contributed by atoms with van der Waals surface area (Å²) in [5.74, 6) is -1.62. The third kappa shape index (κ3) is 5.67. The SMILES string of the molecule is CN(C)CCN(CC(=O)O)C(=O)c1cnc(NC(=O)OCC2c3ccccc3-c3ccccc32)s1. The van der Waals surface area contributed by atoms with Gasteiger partial charge in [-0.3, -0.25) is 14.9 Å². The predicted molar refractivity (Wildman–Crippen MR) is 133 cm³/mol. The van der Waals surface area contributed by atoms with E-state index >= 15 is 0 Å². The van der Waals surface area contributed by atoms with E-state index < -0.39 is 24.5 Å². The fraction of sp³-hybridized carbons (Fsp3) is 0.280. The smallest absolute Gasteiger partial charge is 0.413 e. The molecule has 0 saturated carbocycles. The zero-order valence-corrected chi connectivity index (χ0v) is 20.2. The van der Waals surface area contributed by atoms with Gasteiger partial charge in [-0.25, -0.2) is 9.78 Å². The maximum atomic E-state index is 12.8. The van der Waals surface area contributed by atoms with E-state index in [2.05, 4.69) is 22.4 Å². The number of nitrogens with one attached hydrogen (secondary N) is 1. The van der Waals surface area contributed by atoms with Crippen LogP contribution in [0.4, 0.5) is 9.93 Å². The molecule has 35 heavy (non-hydrogen) atoms. The summed E-state index contributed by atoms with van der Waals surface area (Å²) >= 11 is 0.973. The Morgan fingerprint density at radius 2 is 1.66 bits per heavy atom. The molecule has 0 saturated heterocycles. The number of thiazole rings is 1. The van der Waals surface area contributed by atoms with Gasteiger partial charge in [0.1, 0.15) is 18.0 Å². The molecule has 1 aliphatic carbocycles. The molecular formula is C25H26N4O5S. The summed E-state index contributed by atoms with van der Waals surface area (Å²) in [5, 5.41) is 11.9. The lowest BCUT2D eigenvalue weighted by molar-refractivity contribution is -0.137. The average Bonchev–Trinajstić information content (AvgIpc) is 3.42. The van der Waals surface area contributed by atoms with Crippen molar-refractivity contribution < 1.29 is 24.2 Å². The number of hydrogen-bond acceptors (Lipinski definition) is 7. The van der Waals surface area contributed by atoms with Crippen molar-refractivity contribution >= 4 is 34.4 Å². The molecule has 0 aliphatic heterocycles. The van der Waals surface area contributed by atoms with Gasteiger partial charge in [0.15, 0.2) is 5.13 Å². The van der Waals surface area contributed by atoms with E-state index in [1.54, 1.807) is 0 Å². The Morgan fingerprint density at radius 1 is 1.03 bits per heavy atom. The van der Waals surface area contributed by atoms with Crippen molar-refractivity contribution in [2.45, 2.75) is 5.92 Å². The van der Waals surface area contributed by atoms with Crippen molar-refractivity contribution in [2.75, 3.05) is 45.7 Å². The van der Waals surface area contributed by atoms with Gasteiger partial charge in [0.2, 0.25) is 0 Å². The molecule has 0 spiro atoms. The van der Waals surface area contributed by atoms with Crippen LogP contribution < -0.4 is 5.32 Å². The first-order valence-electron chi connectivity index (χ1n) is 11.1. The first kappa shape index (κ1) is 24.4. The molecule has 9 nitrogen and oxygen atoms in total. The molecule has 182 valence electrons. The number of aromatic nitrogens is 1. The molecule has 3 aromatic rings. The average molecular weight is 495 g/mol. The monoisotopic (exact) mass is 494 g/mol. The van der Waals surface area contributed by atoms with E-state index in [4.69, 9.17) is 9.84 Å². The van der Waals surface area contributed by atoms with E-state index in [0.29, 0.717) is 6.54 Å². The van der Waals surface area contributed by atoms with Crippen LogP contribution in [0.3, 0.4) is 0 Å². The van der Waals surface area contributed by atoms with Crippen LogP contribution in [-0.4, -0.2) is 78.2 Å². The number of rotatable bonds is 9. The molecule has 4 rings (SSSR count). The lowest BCUT2D eigenvalue weighted by atomic mass is 9.98. The summed E-state index contributed by atoms with van der Waals surface area (Å²) in [6, 6.07) is 16.1. The van der Waals surface area contributed by atoms with E-state index in [9.17, 15) is 14.4 Å². The molecule has 2 amide bonds. The minimum Gasteiger partial charge on any atom is -0.480 e. The molecule has 10 heteroatoms. The Labute approximate surface area is 207 Å². The lowest BCUT2D eigenvalue weighted by Crippen LogP contribution is -2.39. The van der Waals surface area contributed by atoms with Crippen molar-refractivity contribution in [1.82, 2.24) is 14.8 Å². The highest BCUT2D eigenvalue weighted by molar-refractivity contribution is 7.17. The molecule has 0 fully saturated rings. The van der Waals surface area contributed by atoms with Crippen molar-refractivity contribution in [3.8, 4) is 11.1 Å². The Bertz CT molecular complexity index is 1200. The van der Waals surface area contributed by atoms with Crippen molar-refractivity contribution in [3.05, 3.63) is 70.7 Å². The van der Waals surface area contributed by atoms with Gasteiger partial charge >= 0.3 is 12.1 Å². The summed E-state index contributed by atoms with van der Waals surface area (Å²) in [6.45, 7) is 0.515. The molecule has 1 aliphatic rings. The number of carbonyl (C=O) groups is 3. The standard InChI is InChI=1S/C25H26N4O5S/c1-28(2)11-12-29(14-22(30)31)23(32)21-13-26-24(35-21)27-25(33)34-15-20-18-9-5-3-7-16(18)17-8-4-6-10-19(17)20/h3-10,13,20H,11-12,14-15H2,1-2H3,(H,30,31)(H,26,27,33). The topological polar surface area (TPSA) is 112 Å². The fourth-order valence-corrected chi connectivity index (χ4v) is 4.81. The van der Waals surface area contributed by atoms with Crippen LogP contribution in [0.5, 0.6) is 0 Å². The molecule has 0 radical (unpaired) electrons. The summed E-state index contributed by atoms with van der Waals surface area (Å²) in [4.78, 5) is 43.9. The third-order valence-corrected chi connectivity index (χ3v) is 6.60. The van der Waals surface area contributed by atoms with Gasteiger partial charge in [0.25, 0.3) is 5.91 Å². The molecular weight excluding hydrogens is 468 g/mol. The molecule has 2 N–H and O–H groups in total.